The van der Waals surface area contributed by atoms with E-state index in [1.54, 1.807) is 6.26 Å². The monoisotopic (exact) mass is 236 g/mol. The highest BCUT2D eigenvalue weighted by atomic mass is 16.5. The van der Waals surface area contributed by atoms with E-state index in [1.165, 1.54) is 12.8 Å². The molecule has 2 atom stereocenters. The zero-order valence-corrected chi connectivity index (χ0v) is 10.3. The van der Waals surface area contributed by atoms with E-state index in [-0.39, 0.29) is 12.1 Å². The number of ether oxygens (including phenoxy) is 1. The molecule has 1 aromatic rings. The maximum Gasteiger partial charge on any atom is 0.123 e. The molecule has 0 radical (unpaired) electrons. The lowest BCUT2D eigenvalue weighted by Gasteiger charge is -2.38. The average Bonchev–Trinajstić information content (AvgIpc) is 3.01. The first-order valence-corrected chi connectivity index (χ1v) is 6.43. The molecule has 2 fully saturated rings. The summed E-state index contributed by atoms with van der Waals surface area (Å²) in [7, 11) is 2.14. The summed E-state index contributed by atoms with van der Waals surface area (Å²) in [5.74, 6) is 1.01. The molecule has 94 valence electrons. The molecule has 4 heteroatoms. The second-order valence-corrected chi connectivity index (χ2v) is 5.03. The molecule has 1 saturated carbocycles. The van der Waals surface area contributed by atoms with Crippen molar-refractivity contribution in [3.63, 3.8) is 0 Å². The molecule has 2 aliphatic rings. The van der Waals surface area contributed by atoms with E-state index in [2.05, 4.69) is 17.3 Å². The van der Waals surface area contributed by atoms with Crippen molar-refractivity contribution in [2.75, 3.05) is 26.7 Å². The highest BCUT2D eigenvalue weighted by Crippen LogP contribution is 2.29. The summed E-state index contributed by atoms with van der Waals surface area (Å²) in [5.41, 5.74) is 0. The van der Waals surface area contributed by atoms with E-state index in [0.29, 0.717) is 0 Å². The second-order valence-electron chi connectivity index (χ2n) is 5.03. The van der Waals surface area contributed by atoms with Crippen molar-refractivity contribution in [1.29, 1.82) is 0 Å². The van der Waals surface area contributed by atoms with E-state index in [4.69, 9.17) is 9.15 Å². The lowest BCUT2D eigenvalue weighted by Crippen LogP contribution is -2.47. The Hall–Kier alpha value is -0.840. The molecule has 0 spiro atoms. The van der Waals surface area contributed by atoms with Gasteiger partial charge in [0.1, 0.15) is 5.76 Å². The van der Waals surface area contributed by atoms with Crippen LogP contribution in [0.3, 0.4) is 0 Å². The predicted molar refractivity (Wildman–Crippen MR) is 64.8 cm³/mol. The van der Waals surface area contributed by atoms with Crippen LogP contribution in [0.15, 0.2) is 22.8 Å². The van der Waals surface area contributed by atoms with Crippen LogP contribution in [0.5, 0.6) is 0 Å². The summed E-state index contributed by atoms with van der Waals surface area (Å²) >= 11 is 0. The Balaban J connectivity index is 1.69. The average molecular weight is 236 g/mol. The first kappa shape index (κ1) is 11.3. The third kappa shape index (κ3) is 2.54. The van der Waals surface area contributed by atoms with Gasteiger partial charge in [0.05, 0.1) is 25.0 Å². The van der Waals surface area contributed by atoms with Crippen LogP contribution in [0.25, 0.3) is 0 Å². The van der Waals surface area contributed by atoms with Crippen LogP contribution in [0.1, 0.15) is 24.6 Å². The Morgan fingerprint density at radius 1 is 1.47 bits per heavy atom. The van der Waals surface area contributed by atoms with Gasteiger partial charge >= 0.3 is 0 Å². The zero-order valence-electron chi connectivity index (χ0n) is 10.3. The van der Waals surface area contributed by atoms with Crippen molar-refractivity contribution in [2.24, 2.45) is 0 Å². The molecule has 0 amide bonds. The number of morpholine rings is 1. The predicted octanol–water partition coefficient (Wildman–Crippen LogP) is 1.40. The standard InChI is InChI=1S/C13H20N2O2/c1-15-6-8-17-12(9-14-10-4-5-10)13(15)11-3-2-7-16-11/h2-3,7,10,12-14H,4-6,8-9H2,1H3. The number of nitrogens with one attached hydrogen (secondary N) is 1. The van der Waals surface area contributed by atoms with E-state index in [1.807, 2.05) is 12.1 Å². The molecule has 1 saturated heterocycles. The van der Waals surface area contributed by atoms with Crippen LogP contribution < -0.4 is 5.32 Å². The van der Waals surface area contributed by atoms with Gasteiger partial charge in [-0.2, -0.15) is 0 Å². The minimum absolute atomic E-state index is 0.195. The fourth-order valence-corrected chi connectivity index (χ4v) is 2.46. The molecule has 1 aliphatic heterocycles. The Morgan fingerprint density at radius 3 is 3.06 bits per heavy atom. The summed E-state index contributed by atoms with van der Waals surface area (Å²) in [6, 6.07) is 4.96. The number of nitrogens with zero attached hydrogens (tertiary/aromatic N) is 1. The SMILES string of the molecule is CN1CCOC(CNC2CC2)C1c1ccco1. The fourth-order valence-electron chi connectivity index (χ4n) is 2.46. The van der Waals surface area contributed by atoms with Crippen molar-refractivity contribution in [3.05, 3.63) is 24.2 Å². The normalized spacial score (nSPS) is 30.6. The lowest BCUT2D eigenvalue weighted by atomic mass is 10.0. The quantitative estimate of drug-likeness (QED) is 0.857. The summed E-state index contributed by atoms with van der Waals surface area (Å²) in [6.45, 7) is 2.69. The Bertz CT molecular complexity index is 348. The largest absolute Gasteiger partial charge is 0.468 e. The minimum Gasteiger partial charge on any atom is -0.468 e. The van der Waals surface area contributed by atoms with Crippen LogP contribution >= 0.6 is 0 Å². The van der Waals surface area contributed by atoms with Gasteiger partial charge < -0.3 is 14.5 Å². The fraction of sp³-hybridized carbons (Fsp3) is 0.692. The van der Waals surface area contributed by atoms with E-state index in [9.17, 15) is 0 Å². The number of furan rings is 1. The van der Waals surface area contributed by atoms with Crippen molar-refractivity contribution in [1.82, 2.24) is 10.2 Å². The molecule has 2 unspecified atom stereocenters. The molecule has 4 nitrogen and oxygen atoms in total. The van der Waals surface area contributed by atoms with Crippen LogP contribution in [-0.4, -0.2) is 43.8 Å². The van der Waals surface area contributed by atoms with Crippen molar-refractivity contribution in [2.45, 2.75) is 31.0 Å². The van der Waals surface area contributed by atoms with Gasteiger partial charge in [-0.25, -0.2) is 0 Å². The second kappa shape index (κ2) is 4.80. The molecular weight excluding hydrogens is 216 g/mol. The van der Waals surface area contributed by atoms with Crippen LogP contribution in [0, 0.1) is 0 Å². The van der Waals surface area contributed by atoms with Crippen molar-refractivity contribution >= 4 is 0 Å². The summed E-state index contributed by atoms with van der Waals surface area (Å²) in [5, 5.41) is 3.55. The zero-order chi connectivity index (χ0) is 11.7. The van der Waals surface area contributed by atoms with E-state index < -0.39 is 0 Å². The number of hydrogen-bond donors (Lipinski definition) is 1. The molecule has 0 bridgehead atoms. The molecule has 2 heterocycles. The van der Waals surface area contributed by atoms with Crippen LogP contribution in [0.2, 0.25) is 0 Å². The molecule has 1 aromatic heterocycles. The molecule has 3 rings (SSSR count). The highest BCUT2D eigenvalue weighted by Gasteiger charge is 2.34. The molecular formula is C13H20N2O2. The molecule has 1 N–H and O–H groups in total. The third-order valence-corrected chi connectivity index (χ3v) is 3.62. The van der Waals surface area contributed by atoms with Crippen molar-refractivity contribution < 1.29 is 9.15 Å². The van der Waals surface area contributed by atoms with Gasteiger partial charge in [-0.3, -0.25) is 4.90 Å². The van der Waals surface area contributed by atoms with Gasteiger partial charge in [-0.05, 0) is 32.0 Å². The van der Waals surface area contributed by atoms with Gasteiger partial charge in [0.15, 0.2) is 0 Å². The Labute approximate surface area is 102 Å². The first-order valence-electron chi connectivity index (χ1n) is 6.43. The lowest BCUT2D eigenvalue weighted by molar-refractivity contribution is -0.0677. The van der Waals surface area contributed by atoms with Crippen LogP contribution in [-0.2, 0) is 4.74 Å². The molecule has 0 aromatic carbocycles. The van der Waals surface area contributed by atoms with Gasteiger partial charge in [0, 0.05) is 19.1 Å². The molecule has 1 aliphatic carbocycles. The van der Waals surface area contributed by atoms with Gasteiger partial charge in [-0.15, -0.1) is 0 Å². The van der Waals surface area contributed by atoms with Crippen molar-refractivity contribution in [3.8, 4) is 0 Å². The summed E-state index contributed by atoms with van der Waals surface area (Å²) in [4.78, 5) is 2.32. The molecule has 17 heavy (non-hydrogen) atoms. The maximum atomic E-state index is 5.90. The van der Waals surface area contributed by atoms with E-state index >= 15 is 0 Å². The number of likely N-dealkylation sites (N-methyl/N-ethyl adjacent to an activating group) is 1. The maximum absolute atomic E-state index is 5.90. The number of hydrogen-bond acceptors (Lipinski definition) is 4. The van der Waals surface area contributed by atoms with Gasteiger partial charge in [-0.1, -0.05) is 0 Å². The highest BCUT2D eigenvalue weighted by molar-refractivity contribution is 5.08. The third-order valence-electron chi connectivity index (χ3n) is 3.62. The van der Waals surface area contributed by atoms with Gasteiger partial charge in [0.25, 0.3) is 0 Å². The summed E-state index contributed by atoms with van der Waals surface area (Å²) < 4.78 is 11.4. The minimum atomic E-state index is 0.195. The van der Waals surface area contributed by atoms with Gasteiger partial charge in [0.2, 0.25) is 0 Å². The van der Waals surface area contributed by atoms with E-state index in [0.717, 1.165) is 31.5 Å². The smallest absolute Gasteiger partial charge is 0.123 e. The Morgan fingerprint density at radius 2 is 2.35 bits per heavy atom. The Kier molecular flexibility index (Phi) is 3.18. The topological polar surface area (TPSA) is 37.6 Å². The first-order chi connectivity index (χ1) is 8.34. The van der Waals surface area contributed by atoms with Crippen LogP contribution in [0.4, 0.5) is 0 Å². The summed E-state index contributed by atoms with van der Waals surface area (Å²) in [6.07, 6.45) is 4.56. The number of rotatable bonds is 4.